The third kappa shape index (κ3) is 4.25. The maximum atomic E-state index is 12.7. The van der Waals surface area contributed by atoms with Gasteiger partial charge in [-0.1, -0.05) is 13.0 Å². The first-order valence-electron chi connectivity index (χ1n) is 7.21. The Morgan fingerprint density at radius 3 is 2.75 bits per heavy atom. The Labute approximate surface area is 137 Å². The lowest BCUT2D eigenvalue weighted by molar-refractivity contribution is -0.137. The number of ether oxygens (including phenoxy) is 1. The van der Waals surface area contributed by atoms with Gasteiger partial charge in [0, 0.05) is 6.54 Å². The molecule has 6 nitrogen and oxygen atoms in total. The third-order valence-electron chi connectivity index (χ3n) is 3.65. The van der Waals surface area contributed by atoms with Crippen LogP contribution in [-0.4, -0.2) is 51.6 Å². The van der Waals surface area contributed by atoms with Crippen LogP contribution in [0, 0.1) is 0 Å². The van der Waals surface area contributed by atoms with E-state index in [9.17, 15) is 26.4 Å². The van der Waals surface area contributed by atoms with Crippen LogP contribution in [0.5, 0.6) is 0 Å². The second kappa shape index (κ2) is 7.08. The topological polar surface area (TPSA) is 75.7 Å². The second-order valence-corrected chi connectivity index (χ2v) is 6.90. The molecular formula is C14H17F3N2O4S. The quantitative estimate of drug-likeness (QED) is 0.868. The first-order valence-corrected chi connectivity index (χ1v) is 8.69. The van der Waals surface area contributed by atoms with Gasteiger partial charge in [-0.15, -0.1) is 0 Å². The van der Waals surface area contributed by atoms with Gasteiger partial charge in [-0.25, -0.2) is 13.1 Å². The first kappa shape index (κ1) is 18.7. The number of rotatable bonds is 4. The van der Waals surface area contributed by atoms with Crippen LogP contribution in [0.25, 0.3) is 0 Å². The molecule has 1 heterocycles. The molecule has 0 radical (unpaired) electrons. The normalized spacial score (nSPS) is 19.9. The zero-order chi connectivity index (χ0) is 18.0. The fourth-order valence-electron chi connectivity index (χ4n) is 2.36. The van der Waals surface area contributed by atoms with Crippen molar-refractivity contribution in [3.05, 3.63) is 29.8 Å². The number of nitrogens with one attached hydrogen (secondary N) is 1. The fourth-order valence-corrected chi connectivity index (χ4v) is 3.42. The Morgan fingerprint density at radius 2 is 2.12 bits per heavy atom. The summed E-state index contributed by atoms with van der Waals surface area (Å²) in [4.78, 5) is 13.3. The number of likely N-dealkylation sites (N-methyl/N-ethyl adjacent to an activating group) is 1. The van der Waals surface area contributed by atoms with Crippen LogP contribution in [0.4, 0.5) is 13.2 Å². The molecule has 0 aromatic heterocycles. The van der Waals surface area contributed by atoms with Gasteiger partial charge < -0.3 is 4.74 Å². The van der Waals surface area contributed by atoms with Crippen LogP contribution in [0.1, 0.15) is 12.5 Å². The van der Waals surface area contributed by atoms with E-state index in [-0.39, 0.29) is 6.61 Å². The molecule has 1 saturated heterocycles. The Balaban J connectivity index is 2.20. The molecule has 1 aromatic rings. The third-order valence-corrected chi connectivity index (χ3v) is 5.00. The number of hydrogen-bond acceptors (Lipinski definition) is 5. The summed E-state index contributed by atoms with van der Waals surface area (Å²) in [6.45, 7) is 3.26. The van der Waals surface area contributed by atoms with E-state index in [1.165, 1.54) is 0 Å². The number of amides is 1. The maximum Gasteiger partial charge on any atom is 0.416 e. The number of carbonyl (C=O) groups is 1. The molecule has 0 saturated carbocycles. The minimum atomic E-state index is -4.67. The van der Waals surface area contributed by atoms with Crippen molar-refractivity contribution in [1.82, 2.24) is 9.62 Å². The summed E-state index contributed by atoms with van der Waals surface area (Å²) >= 11 is 0. The molecule has 1 amide bonds. The van der Waals surface area contributed by atoms with Crippen molar-refractivity contribution in [1.29, 1.82) is 0 Å². The molecule has 1 fully saturated rings. The molecule has 1 aliphatic rings. The molecule has 0 bridgehead atoms. The Bertz CT molecular complexity index is 706. The lowest BCUT2D eigenvalue weighted by atomic mass is 10.2. The monoisotopic (exact) mass is 366 g/mol. The maximum absolute atomic E-state index is 12.7. The fraction of sp³-hybridized carbons (Fsp3) is 0.500. The van der Waals surface area contributed by atoms with Gasteiger partial charge in [-0.05, 0) is 24.7 Å². The van der Waals surface area contributed by atoms with Gasteiger partial charge in [0.2, 0.25) is 0 Å². The zero-order valence-corrected chi connectivity index (χ0v) is 13.7. The van der Waals surface area contributed by atoms with Crippen LogP contribution in [0.2, 0.25) is 0 Å². The molecule has 134 valence electrons. The molecule has 1 atom stereocenters. The summed E-state index contributed by atoms with van der Waals surface area (Å²) in [5, 5.41) is 0. The molecule has 10 heteroatoms. The lowest BCUT2D eigenvalue weighted by Crippen LogP contribution is -2.54. The number of nitrogens with zero attached hydrogens (tertiary/aromatic N) is 1. The van der Waals surface area contributed by atoms with Gasteiger partial charge >= 0.3 is 6.18 Å². The zero-order valence-electron chi connectivity index (χ0n) is 12.8. The van der Waals surface area contributed by atoms with Gasteiger partial charge in [0.15, 0.2) is 0 Å². The molecular weight excluding hydrogens is 349 g/mol. The van der Waals surface area contributed by atoms with Crippen molar-refractivity contribution >= 4 is 15.9 Å². The van der Waals surface area contributed by atoms with Gasteiger partial charge in [0.05, 0.1) is 23.7 Å². The van der Waals surface area contributed by atoms with Crippen LogP contribution in [0.15, 0.2) is 29.2 Å². The van der Waals surface area contributed by atoms with Crippen molar-refractivity contribution in [3.63, 3.8) is 0 Å². The SMILES string of the molecule is CCN1CCOC[C@@H]1C(=O)NS(=O)(=O)c1cccc(C(F)(F)F)c1. The predicted octanol–water partition coefficient (Wildman–Crippen LogP) is 1.23. The number of morpholine rings is 1. The second-order valence-electron chi connectivity index (χ2n) is 5.21. The Kier molecular flexibility index (Phi) is 5.51. The number of halogens is 3. The molecule has 2 rings (SSSR count). The van der Waals surface area contributed by atoms with E-state index in [2.05, 4.69) is 0 Å². The molecule has 1 N–H and O–H groups in total. The van der Waals surface area contributed by atoms with Crippen molar-refractivity contribution in [3.8, 4) is 0 Å². The van der Waals surface area contributed by atoms with Crippen LogP contribution < -0.4 is 4.72 Å². The van der Waals surface area contributed by atoms with Gasteiger partial charge in [-0.3, -0.25) is 9.69 Å². The largest absolute Gasteiger partial charge is 0.416 e. The molecule has 0 unspecified atom stereocenters. The molecule has 0 spiro atoms. The number of carbonyl (C=O) groups excluding carboxylic acids is 1. The standard InChI is InChI=1S/C14H17F3N2O4S/c1-2-19-6-7-23-9-12(19)13(20)18-24(21,22)11-5-3-4-10(8-11)14(15,16)17/h3-5,8,12H,2,6-7,9H2,1H3,(H,18,20)/t12-/m1/s1. The first-order chi connectivity index (χ1) is 11.1. The van der Waals surface area contributed by atoms with Crippen LogP contribution in [-0.2, 0) is 25.7 Å². The number of hydrogen-bond donors (Lipinski definition) is 1. The summed E-state index contributed by atoms with van der Waals surface area (Å²) in [7, 11) is -4.41. The highest BCUT2D eigenvalue weighted by molar-refractivity contribution is 7.90. The van der Waals surface area contributed by atoms with Crippen molar-refractivity contribution in [2.45, 2.75) is 24.0 Å². The molecule has 1 aromatic carbocycles. The van der Waals surface area contributed by atoms with Crippen LogP contribution in [0.3, 0.4) is 0 Å². The van der Waals surface area contributed by atoms with E-state index in [0.717, 1.165) is 18.2 Å². The minimum absolute atomic E-state index is 0.0256. The summed E-state index contributed by atoms with van der Waals surface area (Å²) in [6.07, 6.45) is -4.67. The van der Waals surface area contributed by atoms with E-state index in [4.69, 9.17) is 4.74 Å². The highest BCUT2D eigenvalue weighted by atomic mass is 32.2. The van der Waals surface area contributed by atoms with Gasteiger partial charge in [0.25, 0.3) is 15.9 Å². The van der Waals surface area contributed by atoms with E-state index in [1.807, 2.05) is 11.6 Å². The lowest BCUT2D eigenvalue weighted by Gasteiger charge is -2.33. The number of sulfonamides is 1. The van der Waals surface area contributed by atoms with Crippen LogP contribution >= 0.6 is 0 Å². The van der Waals surface area contributed by atoms with E-state index in [0.29, 0.717) is 25.8 Å². The summed E-state index contributed by atoms with van der Waals surface area (Å²) in [6, 6.07) is 2.42. The molecule has 0 aliphatic carbocycles. The van der Waals surface area contributed by atoms with E-state index < -0.39 is 38.6 Å². The molecule has 1 aliphatic heterocycles. The summed E-state index contributed by atoms with van der Waals surface area (Å²) < 4.78 is 69.5. The van der Waals surface area contributed by atoms with E-state index >= 15 is 0 Å². The highest BCUT2D eigenvalue weighted by Gasteiger charge is 2.34. The Morgan fingerprint density at radius 1 is 1.42 bits per heavy atom. The summed E-state index contributed by atoms with van der Waals surface area (Å²) in [5.41, 5.74) is -1.10. The molecule has 24 heavy (non-hydrogen) atoms. The van der Waals surface area contributed by atoms with Gasteiger partial charge in [0.1, 0.15) is 6.04 Å². The van der Waals surface area contributed by atoms with Crippen molar-refractivity contribution < 1.29 is 31.1 Å². The number of alkyl halides is 3. The van der Waals surface area contributed by atoms with Crippen molar-refractivity contribution in [2.75, 3.05) is 26.3 Å². The van der Waals surface area contributed by atoms with Crippen molar-refractivity contribution in [2.24, 2.45) is 0 Å². The number of benzene rings is 1. The smallest absolute Gasteiger partial charge is 0.378 e. The average Bonchev–Trinajstić information content (AvgIpc) is 2.53. The average molecular weight is 366 g/mol. The van der Waals surface area contributed by atoms with Gasteiger partial charge in [-0.2, -0.15) is 13.2 Å². The highest BCUT2D eigenvalue weighted by Crippen LogP contribution is 2.30. The minimum Gasteiger partial charge on any atom is -0.378 e. The predicted molar refractivity (Wildman–Crippen MR) is 78.6 cm³/mol. The Hall–Kier alpha value is -1.65. The van der Waals surface area contributed by atoms with E-state index in [1.54, 1.807) is 4.90 Å². The summed E-state index contributed by atoms with van der Waals surface area (Å²) in [5.74, 6) is -0.825.